The molecule has 0 amide bonds. The van der Waals surface area contributed by atoms with Crippen LogP contribution in [-0.2, 0) is 11.3 Å². The van der Waals surface area contributed by atoms with Crippen molar-refractivity contribution in [2.75, 3.05) is 20.2 Å². The number of nitrogens with one attached hydrogen (secondary N) is 3. The van der Waals surface area contributed by atoms with Gasteiger partial charge in [0.2, 0.25) is 0 Å². The molecule has 1 aromatic heterocycles. The molecule has 0 spiro atoms. The maximum Gasteiger partial charge on any atom is 0.191 e. The van der Waals surface area contributed by atoms with Crippen molar-refractivity contribution in [3.05, 3.63) is 36.2 Å². The fourth-order valence-corrected chi connectivity index (χ4v) is 2.04. The topological polar surface area (TPSA) is 87.2 Å². The molecule has 0 aliphatic rings. The van der Waals surface area contributed by atoms with E-state index in [9.17, 15) is 0 Å². The second kappa shape index (κ2) is 10.3. The smallest absolute Gasteiger partial charge is 0.191 e. The number of benzene rings is 1. The summed E-state index contributed by atoms with van der Waals surface area (Å²) in [6.07, 6.45) is 1.50. The highest BCUT2D eigenvalue weighted by Crippen LogP contribution is 2.15. The number of H-pyrrole nitrogens is 1. The van der Waals surface area contributed by atoms with Crippen LogP contribution in [0.25, 0.3) is 11.4 Å². The molecule has 0 saturated heterocycles. The van der Waals surface area contributed by atoms with Crippen molar-refractivity contribution in [2.24, 2.45) is 4.99 Å². The Hall–Kier alpha value is -1.68. The number of ether oxygens (including phenoxy) is 1. The van der Waals surface area contributed by atoms with E-state index < -0.39 is 0 Å². The third-order valence-electron chi connectivity index (χ3n) is 3.61. The van der Waals surface area contributed by atoms with Crippen LogP contribution in [0, 0.1) is 0 Å². The first-order chi connectivity index (χ1) is 11.5. The Labute approximate surface area is 166 Å². The molecule has 2 rings (SSSR count). The summed E-state index contributed by atoms with van der Waals surface area (Å²) in [6.45, 7) is 8.16. The SMILES string of the molecule is CCNC(=NCc1cccc(-c2ncn[nH]2)c1)NCC(C)(C)OC.I. The zero-order valence-corrected chi connectivity index (χ0v) is 17.5. The molecule has 0 radical (unpaired) electrons. The fraction of sp³-hybridized carbons (Fsp3) is 0.471. The summed E-state index contributed by atoms with van der Waals surface area (Å²) in [5.74, 6) is 1.53. The predicted octanol–water partition coefficient (Wildman–Crippen LogP) is 2.57. The lowest BCUT2D eigenvalue weighted by Gasteiger charge is -2.24. The number of rotatable bonds is 7. The molecule has 3 N–H and O–H groups in total. The number of halogens is 1. The van der Waals surface area contributed by atoms with Crippen LogP contribution in [-0.4, -0.2) is 46.9 Å². The Kier molecular flexibility index (Phi) is 8.84. The Morgan fingerprint density at radius 3 is 2.76 bits per heavy atom. The molecule has 0 aliphatic carbocycles. The van der Waals surface area contributed by atoms with Crippen molar-refractivity contribution in [1.82, 2.24) is 25.8 Å². The zero-order valence-electron chi connectivity index (χ0n) is 15.2. The van der Waals surface area contributed by atoms with Gasteiger partial charge in [-0.3, -0.25) is 5.10 Å². The Morgan fingerprint density at radius 2 is 2.12 bits per heavy atom. The van der Waals surface area contributed by atoms with Crippen molar-refractivity contribution in [3.63, 3.8) is 0 Å². The van der Waals surface area contributed by atoms with Gasteiger partial charge in [0.05, 0.1) is 12.1 Å². The lowest BCUT2D eigenvalue weighted by Crippen LogP contribution is -2.45. The summed E-state index contributed by atoms with van der Waals surface area (Å²) in [4.78, 5) is 8.81. The van der Waals surface area contributed by atoms with Crippen LogP contribution < -0.4 is 10.6 Å². The summed E-state index contributed by atoms with van der Waals surface area (Å²) >= 11 is 0. The molecule has 0 atom stereocenters. The van der Waals surface area contributed by atoms with Gasteiger partial charge in [0, 0.05) is 25.8 Å². The average Bonchev–Trinajstić information content (AvgIpc) is 3.12. The van der Waals surface area contributed by atoms with Crippen molar-refractivity contribution in [3.8, 4) is 11.4 Å². The number of aromatic amines is 1. The quantitative estimate of drug-likeness (QED) is 0.337. The first kappa shape index (κ1) is 21.4. The first-order valence-electron chi connectivity index (χ1n) is 8.06. The second-order valence-electron chi connectivity index (χ2n) is 6.05. The largest absolute Gasteiger partial charge is 0.377 e. The Balaban J connectivity index is 0.00000312. The van der Waals surface area contributed by atoms with E-state index in [2.05, 4.69) is 36.9 Å². The van der Waals surface area contributed by atoms with E-state index in [1.54, 1.807) is 7.11 Å². The highest BCUT2D eigenvalue weighted by Gasteiger charge is 2.16. The van der Waals surface area contributed by atoms with E-state index in [4.69, 9.17) is 4.74 Å². The number of hydrogen-bond acceptors (Lipinski definition) is 4. The molecule has 0 unspecified atom stereocenters. The van der Waals surface area contributed by atoms with Gasteiger partial charge in [0.25, 0.3) is 0 Å². The molecule has 0 saturated carbocycles. The Morgan fingerprint density at radius 1 is 1.32 bits per heavy atom. The maximum atomic E-state index is 5.42. The molecule has 138 valence electrons. The van der Waals surface area contributed by atoms with Gasteiger partial charge in [-0.2, -0.15) is 5.10 Å². The fourth-order valence-electron chi connectivity index (χ4n) is 2.04. The third-order valence-corrected chi connectivity index (χ3v) is 3.61. The summed E-state index contributed by atoms with van der Waals surface area (Å²) in [5.41, 5.74) is 1.85. The van der Waals surface area contributed by atoms with E-state index in [1.807, 2.05) is 39.0 Å². The van der Waals surface area contributed by atoms with E-state index in [-0.39, 0.29) is 29.6 Å². The van der Waals surface area contributed by atoms with Crippen LogP contribution in [0.15, 0.2) is 35.6 Å². The molecule has 2 aromatic rings. The van der Waals surface area contributed by atoms with E-state index in [0.717, 1.165) is 29.5 Å². The average molecular weight is 458 g/mol. The third kappa shape index (κ3) is 6.99. The monoisotopic (exact) mass is 458 g/mol. The summed E-state index contributed by atoms with van der Waals surface area (Å²) in [5, 5.41) is 13.3. The standard InChI is InChI=1S/C17H26N6O.HI/c1-5-18-16(20-11-17(2,3)24-4)19-10-13-7-6-8-14(9-13)15-21-12-22-23-15;/h6-9,12H,5,10-11H2,1-4H3,(H2,18,19,20)(H,21,22,23);1H. The molecule has 0 fully saturated rings. The second-order valence-corrected chi connectivity index (χ2v) is 6.05. The van der Waals surface area contributed by atoms with E-state index in [0.29, 0.717) is 13.1 Å². The zero-order chi connectivity index (χ0) is 17.4. The van der Waals surface area contributed by atoms with Crippen molar-refractivity contribution in [2.45, 2.75) is 32.9 Å². The minimum absolute atomic E-state index is 0. The van der Waals surface area contributed by atoms with Crippen molar-refractivity contribution >= 4 is 29.9 Å². The van der Waals surface area contributed by atoms with Crippen LogP contribution in [0.2, 0.25) is 0 Å². The van der Waals surface area contributed by atoms with Crippen LogP contribution >= 0.6 is 24.0 Å². The van der Waals surface area contributed by atoms with Gasteiger partial charge in [-0.05, 0) is 32.4 Å². The molecule has 7 nitrogen and oxygen atoms in total. The van der Waals surface area contributed by atoms with Gasteiger partial charge in [0.1, 0.15) is 6.33 Å². The molecule has 0 bridgehead atoms. The predicted molar refractivity (Wildman–Crippen MR) is 111 cm³/mol. The van der Waals surface area contributed by atoms with Crippen LogP contribution in [0.1, 0.15) is 26.3 Å². The highest BCUT2D eigenvalue weighted by atomic mass is 127. The lowest BCUT2D eigenvalue weighted by atomic mass is 10.1. The molecule has 0 aliphatic heterocycles. The maximum absolute atomic E-state index is 5.42. The molecular formula is C17H27IN6O. The molecule has 8 heteroatoms. The van der Waals surface area contributed by atoms with Gasteiger partial charge >= 0.3 is 0 Å². The molecule has 1 aromatic carbocycles. The van der Waals surface area contributed by atoms with Crippen molar-refractivity contribution in [1.29, 1.82) is 0 Å². The number of aromatic nitrogens is 3. The van der Waals surface area contributed by atoms with Crippen LogP contribution in [0.3, 0.4) is 0 Å². The van der Waals surface area contributed by atoms with E-state index >= 15 is 0 Å². The van der Waals surface area contributed by atoms with Gasteiger partial charge < -0.3 is 15.4 Å². The van der Waals surface area contributed by atoms with Crippen molar-refractivity contribution < 1.29 is 4.74 Å². The highest BCUT2D eigenvalue weighted by molar-refractivity contribution is 14.0. The lowest BCUT2D eigenvalue weighted by molar-refractivity contribution is 0.0268. The number of aliphatic imine (C=N–C) groups is 1. The minimum Gasteiger partial charge on any atom is -0.377 e. The summed E-state index contributed by atoms with van der Waals surface area (Å²) in [7, 11) is 1.71. The van der Waals surface area contributed by atoms with Crippen LogP contribution in [0.4, 0.5) is 0 Å². The number of guanidine groups is 1. The number of nitrogens with zero attached hydrogens (tertiary/aromatic N) is 3. The van der Waals surface area contributed by atoms with Gasteiger partial charge in [-0.1, -0.05) is 18.2 Å². The van der Waals surface area contributed by atoms with E-state index in [1.165, 1.54) is 6.33 Å². The number of hydrogen-bond donors (Lipinski definition) is 3. The number of methoxy groups -OCH3 is 1. The molecule has 1 heterocycles. The normalized spacial score (nSPS) is 11.8. The van der Waals surface area contributed by atoms with Crippen LogP contribution in [0.5, 0.6) is 0 Å². The summed E-state index contributed by atoms with van der Waals surface area (Å²) < 4.78 is 5.42. The molecule has 25 heavy (non-hydrogen) atoms. The Bertz CT molecular complexity index is 657. The summed E-state index contributed by atoms with van der Waals surface area (Å²) in [6, 6.07) is 8.11. The van der Waals surface area contributed by atoms with Gasteiger partial charge in [0.15, 0.2) is 11.8 Å². The first-order valence-corrected chi connectivity index (χ1v) is 8.06. The van der Waals surface area contributed by atoms with Gasteiger partial charge in [-0.15, -0.1) is 24.0 Å². The van der Waals surface area contributed by atoms with Gasteiger partial charge in [-0.25, -0.2) is 9.98 Å². The minimum atomic E-state index is -0.248. The molecular weight excluding hydrogens is 431 g/mol.